The van der Waals surface area contributed by atoms with Gasteiger partial charge < -0.3 is 15.1 Å². The Balaban J connectivity index is 2.41. The first-order valence-electron chi connectivity index (χ1n) is 6.78. The Morgan fingerprint density at radius 2 is 2.22 bits per heavy atom. The van der Waals surface area contributed by atoms with E-state index in [0.717, 1.165) is 32.4 Å². The molecule has 0 saturated carbocycles. The molecule has 0 aromatic rings. The molecule has 0 spiro atoms. The van der Waals surface area contributed by atoms with Crippen molar-refractivity contribution in [3.05, 3.63) is 0 Å². The van der Waals surface area contributed by atoms with Gasteiger partial charge in [-0.3, -0.25) is 9.59 Å². The van der Waals surface area contributed by atoms with Gasteiger partial charge in [0.05, 0.1) is 6.04 Å². The largest absolute Gasteiger partial charge is 0.349 e. The van der Waals surface area contributed by atoms with E-state index in [-0.39, 0.29) is 17.9 Å². The zero-order valence-corrected chi connectivity index (χ0v) is 11.7. The number of nitrogens with one attached hydrogen (secondary N) is 1. The second-order valence-corrected chi connectivity index (χ2v) is 5.01. The van der Waals surface area contributed by atoms with E-state index in [4.69, 9.17) is 0 Å². The molecule has 0 bridgehead atoms. The number of carbonyl (C=O) groups is 2. The SMILES string of the molecule is CCCNC1CCCN(CCC(=O)N(C)C)C1=O. The van der Waals surface area contributed by atoms with Crippen molar-refractivity contribution in [1.82, 2.24) is 15.1 Å². The summed E-state index contributed by atoms with van der Waals surface area (Å²) >= 11 is 0. The topological polar surface area (TPSA) is 52.7 Å². The van der Waals surface area contributed by atoms with Crippen LogP contribution in [-0.4, -0.2) is 61.4 Å². The highest BCUT2D eigenvalue weighted by Crippen LogP contribution is 2.12. The van der Waals surface area contributed by atoms with Crippen LogP contribution < -0.4 is 5.32 Å². The number of carbonyl (C=O) groups excluding carboxylic acids is 2. The summed E-state index contributed by atoms with van der Waals surface area (Å²) in [5, 5.41) is 3.27. The summed E-state index contributed by atoms with van der Waals surface area (Å²) in [6, 6.07) is -0.0480. The number of piperidine rings is 1. The molecule has 1 saturated heterocycles. The Morgan fingerprint density at radius 1 is 1.50 bits per heavy atom. The summed E-state index contributed by atoms with van der Waals surface area (Å²) in [6.45, 7) is 4.29. The molecular formula is C13H25N3O2. The van der Waals surface area contributed by atoms with Crippen LogP contribution in [0.3, 0.4) is 0 Å². The van der Waals surface area contributed by atoms with Crippen molar-refractivity contribution in [3.63, 3.8) is 0 Å². The second kappa shape index (κ2) is 7.36. The van der Waals surface area contributed by atoms with E-state index in [1.54, 1.807) is 19.0 Å². The lowest BCUT2D eigenvalue weighted by Crippen LogP contribution is -2.51. The average molecular weight is 255 g/mol. The van der Waals surface area contributed by atoms with Gasteiger partial charge in [-0.05, 0) is 25.8 Å². The van der Waals surface area contributed by atoms with Gasteiger partial charge in [0.2, 0.25) is 11.8 Å². The van der Waals surface area contributed by atoms with Gasteiger partial charge in [0.1, 0.15) is 0 Å². The number of nitrogens with zero attached hydrogens (tertiary/aromatic N) is 2. The van der Waals surface area contributed by atoms with Crippen LogP contribution in [0.4, 0.5) is 0 Å². The first-order valence-corrected chi connectivity index (χ1v) is 6.78. The van der Waals surface area contributed by atoms with Crippen molar-refractivity contribution in [3.8, 4) is 0 Å². The van der Waals surface area contributed by atoms with E-state index < -0.39 is 0 Å². The van der Waals surface area contributed by atoms with E-state index in [0.29, 0.717) is 13.0 Å². The molecule has 18 heavy (non-hydrogen) atoms. The molecule has 1 aliphatic rings. The van der Waals surface area contributed by atoms with Gasteiger partial charge in [-0.1, -0.05) is 6.92 Å². The number of likely N-dealkylation sites (tertiary alicyclic amines) is 1. The fraction of sp³-hybridized carbons (Fsp3) is 0.846. The lowest BCUT2D eigenvalue weighted by molar-refractivity contribution is -0.137. The monoisotopic (exact) mass is 255 g/mol. The molecule has 104 valence electrons. The Bertz CT molecular complexity index is 292. The number of hydrogen-bond donors (Lipinski definition) is 1. The molecule has 2 amide bonds. The van der Waals surface area contributed by atoms with E-state index in [1.807, 2.05) is 4.90 Å². The highest BCUT2D eigenvalue weighted by atomic mass is 16.2. The fourth-order valence-electron chi connectivity index (χ4n) is 2.12. The number of hydrogen-bond acceptors (Lipinski definition) is 3. The summed E-state index contributed by atoms with van der Waals surface area (Å²) in [5.74, 6) is 0.229. The molecule has 5 heteroatoms. The maximum atomic E-state index is 12.2. The zero-order valence-electron chi connectivity index (χ0n) is 11.7. The highest BCUT2D eigenvalue weighted by molar-refractivity contribution is 5.83. The van der Waals surface area contributed by atoms with Crippen LogP contribution in [0.25, 0.3) is 0 Å². The molecule has 0 aliphatic carbocycles. The van der Waals surface area contributed by atoms with E-state index in [1.165, 1.54) is 0 Å². The Labute approximate surface area is 110 Å². The van der Waals surface area contributed by atoms with Crippen molar-refractivity contribution in [2.75, 3.05) is 33.7 Å². The predicted octanol–water partition coefficient (Wildman–Crippen LogP) is 0.455. The molecule has 5 nitrogen and oxygen atoms in total. The molecule has 0 aromatic carbocycles. The van der Waals surface area contributed by atoms with Gasteiger partial charge in [0.25, 0.3) is 0 Å². The first kappa shape index (κ1) is 15.0. The fourth-order valence-corrected chi connectivity index (χ4v) is 2.12. The van der Waals surface area contributed by atoms with Gasteiger partial charge in [-0.2, -0.15) is 0 Å². The number of rotatable bonds is 6. The summed E-state index contributed by atoms with van der Waals surface area (Å²) in [5.41, 5.74) is 0. The van der Waals surface area contributed by atoms with E-state index >= 15 is 0 Å². The lowest BCUT2D eigenvalue weighted by Gasteiger charge is -2.32. The summed E-state index contributed by atoms with van der Waals surface area (Å²) in [7, 11) is 3.48. The van der Waals surface area contributed by atoms with Crippen LogP contribution in [-0.2, 0) is 9.59 Å². The lowest BCUT2D eigenvalue weighted by atomic mass is 10.0. The predicted molar refractivity (Wildman–Crippen MR) is 71.2 cm³/mol. The third-order valence-corrected chi connectivity index (χ3v) is 3.27. The Kier molecular flexibility index (Phi) is 6.12. The minimum absolute atomic E-state index is 0.0480. The molecule has 1 rings (SSSR count). The molecule has 1 fully saturated rings. The van der Waals surface area contributed by atoms with Gasteiger partial charge in [-0.15, -0.1) is 0 Å². The van der Waals surface area contributed by atoms with Crippen LogP contribution in [0.5, 0.6) is 0 Å². The van der Waals surface area contributed by atoms with Crippen LogP contribution >= 0.6 is 0 Å². The van der Waals surface area contributed by atoms with Crippen molar-refractivity contribution in [2.24, 2.45) is 0 Å². The van der Waals surface area contributed by atoms with Crippen molar-refractivity contribution >= 4 is 11.8 Å². The third kappa shape index (κ3) is 4.29. The van der Waals surface area contributed by atoms with Crippen LogP contribution in [0.2, 0.25) is 0 Å². The molecule has 1 heterocycles. The molecule has 1 aliphatic heterocycles. The quantitative estimate of drug-likeness (QED) is 0.750. The van der Waals surface area contributed by atoms with Crippen molar-refractivity contribution < 1.29 is 9.59 Å². The van der Waals surface area contributed by atoms with Gasteiger partial charge in [-0.25, -0.2) is 0 Å². The smallest absolute Gasteiger partial charge is 0.239 e. The Hall–Kier alpha value is -1.10. The van der Waals surface area contributed by atoms with E-state index in [2.05, 4.69) is 12.2 Å². The first-order chi connectivity index (χ1) is 8.56. The maximum absolute atomic E-state index is 12.2. The maximum Gasteiger partial charge on any atom is 0.239 e. The minimum atomic E-state index is -0.0480. The van der Waals surface area contributed by atoms with Crippen LogP contribution in [0.15, 0.2) is 0 Å². The third-order valence-electron chi connectivity index (χ3n) is 3.27. The van der Waals surface area contributed by atoms with Crippen molar-refractivity contribution in [1.29, 1.82) is 0 Å². The minimum Gasteiger partial charge on any atom is -0.349 e. The van der Waals surface area contributed by atoms with Gasteiger partial charge in [0, 0.05) is 33.6 Å². The van der Waals surface area contributed by atoms with Crippen LogP contribution in [0.1, 0.15) is 32.6 Å². The van der Waals surface area contributed by atoms with E-state index in [9.17, 15) is 9.59 Å². The second-order valence-electron chi connectivity index (χ2n) is 5.01. The summed E-state index contributed by atoms with van der Waals surface area (Å²) < 4.78 is 0. The molecule has 0 radical (unpaired) electrons. The zero-order chi connectivity index (χ0) is 13.5. The molecule has 1 atom stereocenters. The van der Waals surface area contributed by atoms with Gasteiger partial charge in [0.15, 0.2) is 0 Å². The summed E-state index contributed by atoms with van der Waals surface area (Å²) in [4.78, 5) is 27.1. The Morgan fingerprint density at radius 3 is 2.83 bits per heavy atom. The molecular weight excluding hydrogens is 230 g/mol. The van der Waals surface area contributed by atoms with Gasteiger partial charge >= 0.3 is 0 Å². The standard InChI is InChI=1S/C13H25N3O2/c1-4-8-14-11-6-5-9-16(13(11)18)10-7-12(17)15(2)3/h11,14H,4-10H2,1-3H3. The summed E-state index contributed by atoms with van der Waals surface area (Å²) in [6.07, 6.45) is 3.38. The molecule has 1 unspecified atom stereocenters. The average Bonchev–Trinajstić information content (AvgIpc) is 2.35. The molecule has 0 aromatic heterocycles. The van der Waals surface area contributed by atoms with Crippen LogP contribution in [0, 0.1) is 0 Å². The highest BCUT2D eigenvalue weighted by Gasteiger charge is 2.28. The number of amides is 2. The van der Waals surface area contributed by atoms with Crippen molar-refractivity contribution in [2.45, 2.75) is 38.6 Å². The normalized spacial score (nSPS) is 20.1. The molecule has 1 N–H and O–H groups in total.